The lowest BCUT2D eigenvalue weighted by Gasteiger charge is -2.27. The first-order valence-corrected chi connectivity index (χ1v) is 13.1. The van der Waals surface area contributed by atoms with Gasteiger partial charge in [-0.15, -0.1) is 0 Å². The Morgan fingerprint density at radius 3 is 2.29 bits per heavy atom. The zero-order valence-corrected chi connectivity index (χ0v) is 19.9. The lowest BCUT2D eigenvalue weighted by Crippen LogP contribution is -2.54. The normalized spacial score (nSPS) is 18.7. The zero-order chi connectivity index (χ0) is 24.7. The number of imide groups is 2. The molecular formula is C24H30N2O7S. The van der Waals surface area contributed by atoms with Gasteiger partial charge in [0, 0.05) is 12.8 Å². The third-order valence-corrected chi connectivity index (χ3v) is 7.64. The van der Waals surface area contributed by atoms with E-state index in [1.807, 2.05) is 0 Å². The molecule has 0 saturated carbocycles. The molecule has 184 valence electrons. The first-order valence-electron chi connectivity index (χ1n) is 11.8. The van der Waals surface area contributed by atoms with E-state index in [-0.39, 0.29) is 30.4 Å². The number of nitrogens with one attached hydrogen (secondary N) is 1. The van der Waals surface area contributed by atoms with Crippen molar-refractivity contribution in [2.45, 2.75) is 81.6 Å². The van der Waals surface area contributed by atoms with E-state index in [1.165, 1.54) is 6.07 Å². The van der Waals surface area contributed by atoms with Crippen LogP contribution < -0.4 is 5.32 Å². The molecule has 10 heteroatoms. The summed E-state index contributed by atoms with van der Waals surface area (Å²) in [5.74, 6) is -2.73. The van der Waals surface area contributed by atoms with E-state index >= 15 is 0 Å². The number of carbonyl (C=O) groups is 5. The highest BCUT2D eigenvalue weighted by Crippen LogP contribution is 2.32. The van der Waals surface area contributed by atoms with E-state index in [1.54, 1.807) is 12.1 Å². The van der Waals surface area contributed by atoms with Gasteiger partial charge >= 0.3 is 5.97 Å². The number of fused-ring (bicyclic) bond motifs is 1. The Kier molecular flexibility index (Phi) is 9.23. The van der Waals surface area contributed by atoms with Crippen molar-refractivity contribution < 1.29 is 33.6 Å². The van der Waals surface area contributed by atoms with Gasteiger partial charge in [0.1, 0.15) is 17.4 Å². The molecule has 0 aromatic heterocycles. The molecule has 2 atom stereocenters. The fourth-order valence-corrected chi connectivity index (χ4v) is 5.70. The van der Waals surface area contributed by atoms with Crippen molar-refractivity contribution in [1.29, 1.82) is 0 Å². The number of benzene rings is 1. The highest BCUT2D eigenvalue weighted by molar-refractivity contribution is 7.91. The number of unbranched alkanes of at least 4 members (excludes halogenated alkanes) is 7. The van der Waals surface area contributed by atoms with Crippen molar-refractivity contribution in [1.82, 2.24) is 10.2 Å². The second-order valence-electron chi connectivity index (χ2n) is 8.65. The summed E-state index contributed by atoms with van der Waals surface area (Å²) in [6, 6.07) is 3.63. The fourth-order valence-electron chi connectivity index (χ4n) is 4.35. The number of carboxylic acids is 1. The molecule has 0 aliphatic carbocycles. The molecular weight excluding hydrogens is 460 g/mol. The van der Waals surface area contributed by atoms with E-state index in [4.69, 9.17) is 5.11 Å². The smallest absolute Gasteiger partial charge is 0.303 e. The van der Waals surface area contributed by atoms with Crippen molar-refractivity contribution in [3.63, 3.8) is 0 Å². The van der Waals surface area contributed by atoms with E-state index in [2.05, 4.69) is 5.32 Å². The Bertz CT molecular complexity index is 965. The molecule has 1 aromatic carbocycles. The molecule has 2 heterocycles. The van der Waals surface area contributed by atoms with Crippen LogP contribution in [0.25, 0.3) is 0 Å². The van der Waals surface area contributed by atoms with Crippen molar-refractivity contribution in [3.8, 4) is 0 Å². The number of carboxylic acid groups (broad SMARTS) is 1. The third-order valence-electron chi connectivity index (χ3n) is 6.15. The predicted octanol–water partition coefficient (Wildman–Crippen LogP) is 2.79. The van der Waals surface area contributed by atoms with E-state index < -0.39 is 46.8 Å². The summed E-state index contributed by atoms with van der Waals surface area (Å²) in [6.07, 6.45) is 7.65. The Morgan fingerprint density at radius 1 is 1.00 bits per heavy atom. The minimum absolute atomic E-state index is 0.0466. The molecule has 4 amide bonds. The molecule has 1 aromatic rings. The molecule has 0 bridgehead atoms. The maximum absolute atomic E-state index is 13.1. The Labute approximate surface area is 201 Å². The van der Waals surface area contributed by atoms with Crippen LogP contribution >= 0.6 is 0 Å². The molecule has 2 aliphatic rings. The average Bonchev–Trinajstić information content (AvgIpc) is 3.05. The number of hydrogen-bond acceptors (Lipinski definition) is 6. The first kappa shape index (κ1) is 25.9. The van der Waals surface area contributed by atoms with Gasteiger partial charge in [-0.2, -0.15) is 0 Å². The number of nitrogens with zero attached hydrogens (tertiary/aromatic N) is 1. The van der Waals surface area contributed by atoms with Crippen LogP contribution in [0.2, 0.25) is 0 Å². The van der Waals surface area contributed by atoms with Crippen LogP contribution in [-0.2, 0) is 25.6 Å². The molecule has 3 rings (SSSR count). The van der Waals surface area contributed by atoms with Crippen molar-refractivity contribution >= 4 is 40.8 Å². The van der Waals surface area contributed by atoms with Gasteiger partial charge in [-0.25, -0.2) is 0 Å². The Morgan fingerprint density at radius 2 is 1.65 bits per heavy atom. The van der Waals surface area contributed by atoms with Gasteiger partial charge in [-0.1, -0.05) is 38.2 Å². The fraction of sp³-hybridized carbons (Fsp3) is 0.542. The van der Waals surface area contributed by atoms with Crippen LogP contribution in [0.4, 0.5) is 0 Å². The van der Waals surface area contributed by atoms with Crippen LogP contribution in [0.15, 0.2) is 23.1 Å². The quantitative estimate of drug-likeness (QED) is 0.246. The maximum Gasteiger partial charge on any atom is 0.303 e. The van der Waals surface area contributed by atoms with Gasteiger partial charge in [-0.05, 0) is 49.0 Å². The van der Waals surface area contributed by atoms with Crippen molar-refractivity contribution in [2.75, 3.05) is 5.75 Å². The molecule has 1 fully saturated rings. The highest BCUT2D eigenvalue weighted by atomic mass is 32.2. The topological polar surface area (TPSA) is 144 Å². The Hall–Kier alpha value is -2.72. The first-order chi connectivity index (χ1) is 16.3. The molecule has 1 saturated heterocycles. The van der Waals surface area contributed by atoms with E-state index in [0.717, 1.165) is 43.4 Å². The van der Waals surface area contributed by atoms with Crippen LogP contribution in [0.5, 0.6) is 0 Å². The van der Waals surface area contributed by atoms with Gasteiger partial charge in [0.05, 0.1) is 5.56 Å². The van der Waals surface area contributed by atoms with Crippen LogP contribution in [0.3, 0.4) is 0 Å². The summed E-state index contributed by atoms with van der Waals surface area (Å²) in [7, 11) is 0. The van der Waals surface area contributed by atoms with Crippen LogP contribution in [0, 0.1) is 0 Å². The molecule has 0 spiro atoms. The molecule has 0 radical (unpaired) electrons. The number of rotatable bonds is 13. The highest BCUT2D eigenvalue weighted by Gasteiger charge is 2.47. The summed E-state index contributed by atoms with van der Waals surface area (Å²) >= 11 is -1.46. The van der Waals surface area contributed by atoms with Gasteiger partial charge in [0.2, 0.25) is 11.8 Å². The number of piperidine rings is 1. The average molecular weight is 491 g/mol. The minimum atomic E-state index is -1.46. The second kappa shape index (κ2) is 12.1. The summed E-state index contributed by atoms with van der Waals surface area (Å²) in [5, 5.41) is 10.8. The maximum atomic E-state index is 13.1. The number of aliphatic carboxylic acids is 1. The lowest BCUT2D eigenvalue weighted by molar-refractivity contribution is -0.138. The van der Waals surface area contributed by atoms with Gasteiger partial charge in [-0.3, -0.25) is 34.2 Å². The standard InChI is InChI=1S/C24H30N2O7S/c27-19-14-13-17(22(30)25-19)26-23(31)16-10-9-11-18(21(16)24(26)32)34(33)15-8-6-4-2-1-3-5-7-12-20(28)29/h9-11,17H,1-8,12-15H2,(H,28,29)(H,25,27,30). The molecule has 2 unspecified atom stereocenters. The Balaban J connectivity index is 1.50. The van der Waals surface area contributed by atoms with E-state index in [9.17, 15) is 28.5 Å². The van der Waals surface area contributed by atoms with Gasteiger partial charge in [0.25, 0.3) is 11.8 Å². The number of amides is 4. The minimum Gasteiger partial charge on any atom is -0.611 e. The lowest BCUT2D eigenvalue weighted by atomic mass is 10.0. The molecule has 9 nitrogen and oxygen atoms in total. The van der Waals surface area contributed by atoms with Crippen molar-refractivity contribution in [3.05, 3.63) is 29.3 Å². The third kappa shape index (κ3) is 6.24. The summed E-state index contributed by atoms with van der Waals surface area (Å²) in [4.78, 5) is 61.3. The van der Waals surface area contributed by atoms with Crippen molar-refractivity contribution in [2.24, 2.45) is 0 Å². The SMILES string of the molecule is O=C(O)CCCCCCCCCC[S+]([O-])c1cccc2c1C(=O)N(C1CCC(=O)NC1=O)C2=O. The zero-order valence-electron chi connectivity index (χ0n) is 19.0. The summed E-state index contributed by atoms with van der Waals surface area (Å²) < 4.78 is 13.0. The molecule has 2 N–H and O–H groups in total. The van der Waals surface area contributed by atoms with Crippen LogP contribution in [-0.4, -0.2) is 56.0 Å². The molecule has 34 heavy (non-hydrogen) atoms. The van der Waals surface area contributed by atoms with Gasteiger partial charge in [0.15, 0.2) is 4.90 Å². The number of carbonyl (C=O) groups excluding carboxylic acids is 4. The predicted molar refractivity (Wildman–Crippen MR) is 124 cm³/mol. The number of hydrogen-bond donors (Lipinski definition) is 2. The summed E-state index contributed by atoms with van der Waals surface area (Å²) in [6.45, 7) is 0. The second-order valence-corrected chi connectivity index (χ2v) is 10.2. The van der Waals surface area contributed by atoms with Crippen LogP contribution in [0.1, 0.15) is 91.3 Å². The molecule has 2 aliphatic heterocycles. The van der Waals surface area contributed by atoms with E-state index in [0.29, 0.717) is 23.5 Å². The monoisotopic (exact) mass is 490 g/mol. The summed E-state index contributed by atoms with van der Waals surface area (Å²) in [5.41, 5.74) is 0.236. The largest absolute Gasteiger partial charge is 0.611 e. The van der Waals surface area contributed by atoms with Gasteiger partial charge < -0.3 is 9.66 Å².